The SMILES string of the molecule is CCOC(=O)c1ccc(NC(=S)N2CCCN(Cc3cc(C)ccc3C)C2)cc1. The number of hydrogen-bond acceptors (Lipinski definition) is 4. The normalized spacial score (nSPS) is 14.5. The van der Waals surface area contributed by atoms with Gasteiger partial charge in [0.15, 0.2) is 5.11 Å². The predicted octanol–water partition coefficient (Wildman–Crippen LogP) is 4.34. The first-order chi connectivity index (χ1) is 14.0. The van der Waals surface area contributed by atoms with Crippen LogP contribution in [0.4, 0.5) is 5.69 Å². The van der Waals surface area contributed by atoms with Gasteiger partial charge >= 0.3 is 5.97 Å². The molecular weight excluding hydrogens is 382 g/mol. The van der Waals surface area contributed by atoms with E-state index < -0.39 is 0 Å². The molecule has 0 bridgehead atoms. The minimum absolute atomic E-state index is 0.306. The van der Waals surface area contributed by atoms with Crippen molar-refractivity contribution in [1.29, 1.82) is 0 Å². The number of thiocarbonyl (C=S) groups is 1. The molecule has 0 spiro atoms. The lowest BCUT2D eigenvalue weighted by Crippen LogP contribution is -2.48. The van der Waals surface area contributed by atoms with Gasteiger partial charge in [0.2, 0.25) is 0 Å². The number of benzene rings is 2. The standard InChI is InChI=1S/C23H29N3O2S/c1-4-28-22(27)19-8-10-21(11-9-19)24-23(29)26-13-5-12-25(16-26)15-20-14-17(2)6-7-18(20)3/h6-11,14H,4-5,12-13,15-16H2,1-3H3,(H,24,29). The van der Waals surface area contributed by atoms with Gasteiger partial charge in [-0.1, -0.05) is 23.8 Å². The number of carbonyl (C=O) groups excluding carboxylic acids is 1. The minimum atomic E-state index is -0.306. The van der Waals surface area contributed by atoms with E-state index in [1.54, 1.807) is 19.1 Å². The maximum Gasteiger partial charge on any atom is 0.338 e. The molecule has 1 aliphatic heterocycles. The van der Waals surface area contributed by atoms with Gasteiger partial charge in [0.1, 0.15) is 0 Å². The second-order valence-corrected chi connectivity index (χ2v) is 7.86. The third kappa shape index (κ3) is 5.78. The van der Waals surface area contributed by atoms with Crippen LogP contribution in [0.25, 0.3) is 0 Å². The molecule has 29 heavy (non-hydrogen) atoms. The molecule has 6 heteroatoms. The van der Waals surface area contributed by atoms with Crippen molar-refractivity contribution in [2.75, 3.05) is 31.7 Å². The molecule has 1 fully saturated rings. The molecule has 0 saturated carbocycles. The van der Waals surface area contributed by atoms with Crippen molar-refractivity contribution in [1.82, 2.24) is 9.80 Å². The highest BCUT2D eigenvalue weighted by Gasteiger charge is 2.20. The first kappa shape index (κ1) is 21.3. The monoisotopic (exact) mass is 411 g/mol. The highest BCUT2D eigenvalue weighted by Crippen LogP contribution is 2.17. The van der Waals surface area contributed by atoms with Crippen LogP contribution in [0.5, 0.6) is 0 Å². The molecule has 1 N–H and O–H groups in total. The van der Waals surface area contributed by atoms with E-state index in [2.05, 4.69) is 47.2 Å². The molecule has 0 amide bonds. The van der Waals surface area contributed by atoms with E-state index in [-0.39, 0.29) is 5.97 Å². The number of carbonyl (C=O) groups is 1. The quantitative estimate of drug-likeness (QED) is 0.583. The molecule has 0 aromatic heterocycles. The number of nitrogens with one attached hydrogen (secondary N) is 1. The molecular formula is C23H29N3O2S. The van der Waals surface area contributed by atoms with Crippen molar-refractivity contribution < 1.29 is 9.53 Å². The van der Waals surface area contributed by atoms with Crippen LogP contribution < -0.4 is 5.32 Å². The first-order valence-corrected chi connectivity index (χ1v) is 10.5. The van der Waals surface area contributed by atoms with Crippen molar-refractivity contribution >= 4 is 29.0 Å². The van der Waals surface area contributed by atoms with E-state index >= 15 is 0 Å². The molecule has 2 aromatic rings. The molecule has 0 unspecified atom stereocenters. The number of nitrogens with zero attached hydrogens (tertiary/aromatic N) is 2. The number of hydrogen-bond donors (Lipinski definition) is 1. The summed E-state index contributed by atoms with van der Waals surface area (Å²) in [6.07, 6.45) is 1.08. The Morgan fingerprint density at radius 3 is 2.62 bits per heavy atom. The smallest absolute Gasteiger partial charge is 0.338 e. The fourth-order valence-corrected chi connectivity index (χ4v) is 3.75. The summed E-state index contributed by atoms with van der Waals surface area (Å²) in [7, 11) is 0. The van der Waals surface area contributed by atoms with Crippen LogP contribution in [0.3, 0.4) is 0 Å². The average Bonchev–Trinajstić information content (AvgIpc) is 2.71. The summed E-state index contributed by atoms with van der Waals surface area (Å²) < 4.78 is 5.02. The zero-order valence-electron chi connectivity index (χ0n) is 17.4. The van der Waals surface area contributed by atoms with Crippen molar-refractivity contribution in [3.05, 3.63) is 64.7 Å². The second-order valence-electron chi connectivity index (χ2n) is 7.47. The molecule has 2 aromatic carbocycles. The molecule has 3 rings (SSSR count). The average molecular weight is 412 g/mol. The van der Waals surface area contributed by atoms with E-state index in [4.69, 9.17) is 17.0 Å². The van der Waals surface area contributed by atoms with Crippen LogP contribution in [-0.2, 0) is 11.3 Å². The van der Waals surface area contributed by atoms with E-state index in [0.717, 1.165) is 38.4 Å². The highest BCUT2D eigenvalue weighted by atomic mass is 32.1. The number of rotatable bonds is 5. The third-order valence-electron chi connectivity index (χ3n) is 5.11. The minimum Gasteiger partial charge on any atom is -0.462 e. The van der Waals surface area contributed by atoms with E-state index in [0.29, 0.717) is 17.3 Å². The largest absolute Gasteiger partial charge is 0.462 e. The zero-order chi connectivity index (χ0) is 20.8. The van der Waals surface area contributed by atoms with Crippen LogP contribution in [0.15, 0.2) is 42.5 Å². The summed E-state index contributed by atoms with van der Waals surface area (Å²) in [5, 5.41) is 4.00. The van der Waals surface area contributed by atoms with Gasteiger partial charge < -0.3 is 15.0 Å². The first-order valence-electron chi connectivity index (χ1n) is 10.1. The number of esters is 1. The molecule has 1 aliphatic rings. The van der Waals surface area contributed by atoms with Gasteiger partial charge in [0.25, 0.3) is 0 Å². The van der Waals surface area contributed by atoms with E-state index in [1.165, 1.54) is 16.7 Å². The Hall–Kier alpha value is -2.44. The lowest BCUT2D eigenvalue weighted by Gasteiger charge is -2.37. The zero-order valence-corrected chi connectivity index (χ0v) is 18.2. The predicted molar refractivity (Wildman–Crippen MR) is 121 cm³/mol. The van der Waals surface area contributed by atoms with Crippen LogP contribution in [0.1, 0.15) is 40.4 Å². The Morgan fingerprint density at radius 1 is 1.14 bits per heavy atom. The van der Waals surface area contributed by atoms with Gasteiger partial charge in [-0.2, -0.15) is 0 Å². The second kappa shape index (κ2) is 9.85. The Kier molecular flexibility index (Phi) is 7.23. The van der Waals surface area contributed by atoms with Gasteiger partial charge in [-0.15, -0.1) is 0 Å². The van der Waals surface area contributed by atoms with Crippen LogP contribution in [0, 0.1) is 13.8 Å². The van der Waals surface area contributed by atoms with Gasteiger partial charge in [0, 0.05) is 25.3 Å². The van der Waals surface area contributed by atoms with Crippen molar-refractivity contribution in [2.45, 2.75) is 33.7 Å². The Labute approximate surface area is 178 Å². The molecule has 0 aliphatic carbocycles. The fraction of sp³-hybridized carbons (Fsp3) is 0.391. The Morgan fingerprint density at radius 2 is 1.90 bits per heavy atom. The summed E-state index contributed by atoms with van der Waals surface area (Å²) in [6.45, 7) is 10.2. The van der Waals surface area contributed by atoms with Gasteiger partial charge in [-0.05, 0) is 74.8 Å². The number of aryl methyl sites for hydroxylation is 2. The molecule has 0 radical (unpaired) electrons. The molecule has 0 atom stereocenters. The van der Waals surface area contributed by atoms with Crippen LogP contribution >= 0.6 is 12.2 Å². The van der Waals surface area contributed by atoms with Crippen LogP contribution in [0.2, 0.25) is 0 Å². The van der Waals surface area contributed by atoms with Crippen molar-refractivity contribution in [2.24, 2.45) is 0 Å². The number of anilines is 1. The maximum atomic E-state index is 11.8. The summed E-state index contributed by atoms with van der Waals surface area (Å²) in [5.74, 6) is -0.306. The lowest BCUT2D eigenvalue weighted by atomic mass is 10.0. The Balaban J connectivity index is 1.58. The summed E-state index contributed by atoms with van der Waals surface area (Å²) in [5.41, 5.74) is 5.41. The summed E-state index contributed by atoms with van der Waals surface area (Å²) >= 11 is 5.64. The highest BCUT2D eigenvalue weighted by molar-refractivity contribution is 7.80. The summed E-state index contributed by atoms with van der Waals surface area (Å²) in [4.78, 5) is 16.4. The molecule has 154 valence electrons. The van der Waals surface area contributed by atoms with E-state index in [1.807, 2.05) is 12.1 Å². The molecule has 1 heterocycles. The molecule has 5 nitrogen and oxygen atoms in total. The maximum absolute atomic E-state index is 11.8. The lowest BCUT2D eigenvalue weighted by molar-refractivity contribution is 0.0526. The van der Waals surface area contributed by atoms with Gasteiger partial charge in [0.05, 0.1) is 18.8 Å². The van der Waals surface area contributed by atoms with Crippen molar-refractivity contribution in [3.63, 3.8) is 0 Å². The topological polar surface area (TPSA) is 44.8 Å². The van der Waals surface area contributed by atoms with Crippen molar-refractivity contribution in [3.8, 4) is 0 Å². The van der Waals surface area contributed by atoms with E-state index in [9.17, 15) is 4.79 Å². The van der Waals surface area contributed by atoms with Gasteiger partial charge in [-0.3, -0.25) is 4.90 Å². The van der Waals surface area contributed by atoms with Gasteiger partial charge in [-0.25, -0.2) is 4.79 Å². The Bertz CT molecular complexity index is 867. The molecule has 1 saturated heterocycles. The van der Waals surface area contributed by atoms with Crippen LogP contribution in [-0.4, -0.2) is 47.2 Å². The summed E-state index contributed by atoms with van der Waals surface area (Å²) in [6, 6.07) is 13.9. The fourth-order valence-electron chi connectivity index (χ4n) is 3.48. The number of ether oxygens (including phenoxy) is 1. The third-order valence-corrected chi connectivity index (χ3v) is 5.47.